The highest BCUT2D eigenvalue weighted by molar-refractivity contribution is 5.74. The molecule has 3 heteroatoms. The van der Waals surface area contributed by atoms with Crippen LogP contribution in [-0.2, 0) is 4.79 Å². The average molecular weight is 255 g/mol. The molecule has 1 unspecified atom stereocenters. The molecule has 1 N–H and O–H groups in total. The van der Waals surface area contributed by atoms with Gasteiger partial charge in [-0.1, -0.05) is 39.0 Å². The predicted octanol–water partition coefficient (Wildman–Crippen LogP) is 3.53. The molecule has 0 aromatic carbocycles. The molecule has 18 heavy (non-hydrogen) atoms. The first-order valence-corrected chi connectivity index (χ1v) is 7.43. The number of nitrogens with zero attached hydrogens (tertiary/aromatic N) is 1. The highest BCUT2D eigenvalue weighted by Crippen LogP contribution is 2.28. The summed E-state index contributed by atoms with van der Waals surface area (Å²) in [5.74, 6) is -0.648. The molecule has 1 saturated carbocycles. The summed E-state index contributed by atoms with van der Waals surface area (Å²) in [4.78, 5) is 13.8. The number of carboxylic acids is 1. The molecule has 0 bridgehead atoms. The molecule has 0 heterocycles. The van der Waals surface area contributed by atoms with Gasteiger partial charge in [0.05, 0.1) is 5.41 Å². The fourth-order valence-electron chi connectivity index (χ4n) is 3.18. The Labute approximate surface area is 112 Å². The Morgan fingerprint density at radius 3 is 2.28 bits per heavy atom. The van der Waals surface area contributed by atoms with E-state index in [2.05, 4.69) is 18.9 Å². The summed E-state index contributed by atoms with van der Waals surface area (Å²) < 4.78 is 0. The lowest BCUT2D eigenvalue weighted by Gasteiger charge is -2.34. The Morgan fingerprint density at radius 1 is 1.28 bits per heavy atom. The molecule has 0 aromatic heterocycles. The zero-order valence-corrected chi connectivity index (χ0v) is 12.2. The molecule has 1 rings (SSSR count). The lowest BCUT2D eigenvalue weighted by atomic mass is 9.84. The maximum atomic E-state index is 11.5. The molecule has 1 fully saturated rings. The van der Waals surface area contributed by atoms with Crippen molar-refractivity contribution in [2.75, 3.05) is 13.6 Å². The van der Waals surface area contributed by atoms with Gasteiger partial charge >= 0.3 is 5.97 Å². The number of rotatable bonds is 6. The van der Waals surface area contributed by atoms with Crippen LogP contribution in [0.1, 0.15) is 65.2 Å². The van der Waals surface area contributed by atoms with E-state index in [1.54, 1.807) is 0 Å². The molecule has 106 valence electrons. The molecule has 1 aliphatic rings. The minimum atomic E-state index is -0.648. The third kappa shape index (κ3) is 4.27. The molecule has 0 amide bonds. The standard InChI is InChI=1S/C15H29NO2/c1-4-11-15(2,14(17)18)12-16(3)13-9-7-5-6-8-10-13/h13H,4-12H2,1-3H3,(H,17,18). The van der Waals surface area contributed by atoms with E-state index in [9.17, 15) is 9.90 Å². The van der Waals surface area contributed by atoms with E-state index in [0.717, 1.165) is 12.8 Å². The monoisotopic (exact) mass is 255 g/mol. The first-order chi connectivity index (χ1) is 8.49. The number of hydrogen-bond donors (Lipinski definition) is 1. The lowest BCUT2D eigenvalue weighted by molar-refractivity contribution is -0.149. The first kappa shape index (κ1) is 15.5. The molecule has 0 aliphatic heterocycles. The maximum Gasteiger partial charge on any atom is 0.310 e. The van der Waals surface area contributed by atoms with Crippen molar-refractivity contribution in [3.05, 3.63) is 0 Å². The van der Waals surface area contributed by atoms with E-state index in [0.29, 0.717) is 12.6 Å². The van der Waals surface area contributed by atoms with Gasteiger partial charge in [-0.15, -0.1) is 0 Å². The minimum Gasteiger partial charge on any atom is -0.481 e. The molecule has 0 aromatic rings. The molecular weight excluding hydrogens is 226 g/mol. The Balaban J connectivity index is 2.59. The second-order valence-electron chi connectivity index (χ2n) is 6.18. The summed E-state index contributed by atoms with van der Waals surface area (Å²) >= 11 is 0. The van der Waals surface area contributed by atoms with Gasteiger partial charge in [0.1, 0.15) is 0 Å². The zero-order valence-electron chi connectivity index (χ0n) is 12.2. The number of carbonyl (C=O) groups is 1. The largest absolute Gasteiger partial charge is 0.481 e. The number of hydrogen-bond acceptors (Lipinski definition) is 2. The summed E-state index contributed by atoms with van der Waals surface area (Å²) in [7, 11) is 2.10. The Bertz CT molecular complexity index is 259. The summed E-state index contributed by atoms with van der Waals surface area (Å²) in [5, 5.41) is 9.44. The van der Waals surface area contributed by atoms with Crippen LogP contribution >= 0.6 is 0 Å². The summed E-state index contributed by atoms with van der Waals surface area (Å²) in [6.45, 7) is 4.64. The third-order valence-electron chi connectivity index (χ3n) is 4.36. The zero-order chi connectivity index (χ0) is 13.6. The van der Waals surface area contributed by atoms with Gasteiger partial charge in [0.2, 0.25) is 0 Å². The topological polar surface area (TPSA) is 40.5 Å². The highest BCUT2D eigenvalue weighted by atomic mass is 16.4. The van der Waals surface area contributed by atoms with Crippen LogP contribution in [-0.4, -0.2) is 35.6 Å². The first-order valence-electron chi connectivity index (χ1n) is 7.43. The normalized spacial score (nSPS) is 21.6. The van der Waals surface area contributed by atoms with Gasteiger partial charge < -0.3 is 10.0 Å². The molecule has 1 atom stereocenters. The number of carboxylic acid groups (broad SMARTS) is 1. The van der Waals surface area contributed by atoms with Crippen molar-refractivity contribution >= 4 is 5.97 Å². The average Bonchev–Trinajstić information content (AvgIpc) is 2.57. The van der Waals surface area contributed by atoms with E-state index in [4.69, 9.17) is 0 Å². The van der Waals surface area contributed by atoms with Gasteiger partial charge in [0.25, 0.3) is 0 Å². The van der Waals surface area contributed by atoms with Gasteiger partial charge in [-0.25, -0.2) is 0 Å². The molecule has 1 aliphatic carbocycles. The quantitative estimate of drug-likeness (QED) is 0.738. The van der Waals surface area contributed by atoms with Gasteiger partial charge in [-0.3, -0.25) is 4.79 Å². The molecule has 0 spiro atoms. The van der Waals surface area contributed by atoms with E-state index >= 15 is 0 Å². The van der Waals surface area contributed by atoms with Crippen molar-refractivity contribution in [2.45, 2.75) is 71.3 Å². The predicted molar refractivity (Wildman–Crippen MR) is 74.8 cm³/mol. The summed E-state index contributed by atoms with van der Waals surface area (Å²) in [6, 6.07) is 0.586. The van der Waals surface area contributed by atoms with Crippen molar-refractivity contribution < 1.29 is 9.90 Å². The van der Waals surface area contributed by atoms with Crippen LogP contribution in [0.25, 0.3) is 0 Å². The van der Waals surface area contributed by atoms with E-state index in [-0.39, 0.29) is 0 Å². The van der Waals surface area contributed by atoms with Crippen LogP contribution < -0.4 is 0 Å². The van der Waals surface area contributed by atoms with Gasteiger partial charge in [0, 0.05) is 12.6 Å². The van der Waals surface area contributed by atoms with E-state index in [1.165, 1.54) is 38.5 Å². The fraction of sp³-hybridized carbons (Fsp3) is 0.933. The van der Waals surface area contributed by atoms with Crippen LogP contribution in [0.3, 0.4) is 0 Å². The van der Waals surface area contributed by atoms with Crippen molar-refractivity contribution in [1.29, 1.82) is 0 Å². The SMILES string of the molecule is CCCC(C)(CN(C)C1CCCCCC1)C(=O)O. The Kier molecular flexibility index (Phi) is 6.13. The van der Waals surface area contributed by atoms with Crippen molar-refractivity contribution in [1.82, 2.24) is 4.90 Å². The maximum absolute atomic E-state index is 11.5. The van der Waals surface area contributed by atoms with Crippen LogP contribution in [0.5, 0.6) is 0 Å². The Morgan fingerprint density at radius 2 is 1.83 bits per heavy atom. The summed E-state index contributed by atoms with van der Waals surface area (Å²) in [6.07, 6.45) is 9.45. The fourth-order valence-corrected chi connectivity index (χ4v) is 3.18. The number of aliphatic carboxylic acids is 1. The molecule has 0 radical (unpaired) electrons. The van der Waals surface area contributed by atoms with Crippen LogP contribution in [0, 0.1) is 5.41 Å². The van der Waals surface area contributed by atoms with Crippen molar-refractivity contribution in [3.8, 4) is 0 Å². The Hall–Kier alpha value is -0.570. The van der Waals surface area contributed by atoms with Gasteiger partial charge in [0.15, 0.2) is 0 Å². The molecule has 3 nitrogen and oxygen atoms in total. The second-order valence-corrected chi connectivity index (χ2v) is 6.18. The van der Waals surface area contributed by atoms with E-state index < -0.39 is 11.4 Å². The van der Waals surface area contributed by atoms with Gasteiger partial charge in [-0.2, -0.15) is 0 Å². The van der Waals surface area contributed by atoms with Crippen molar-refractivity contribution in [3.63, 3.8) is 0 Å². The van der Waals surface area contributed by atoms with E-state index in [1.807, 2.05) is 6.92 Å². The second kappa shape index (κ2) is 7.13. The van der Waals surface area contributed by atoms with Crippen LogP contribution in [0.4, 0.5) is 0 Å². The van der Waals surface area contributed by atoms with Crippen LogP contribution in [0.2, 0.25) is 0 Å². The third-order valence-corrected chi connectivity index (χ3v) is 4.36. The smallest absolute Gasteiger partial charge is 0.310 e. The molecule has 0 saturated heterocycles. The summed E-state index contributed by atoms with van der Waals surface area (Å²) in [5.41, 5.74) is -0.587. The molecular formula is C15H29NO2. The van der Waals surface area contributed by atoms with Gasteiger partial charge in [-0.05, 0) is 33.2 Å². The van der Waals surface area contributed by atoms with Crippen LogP contribution in [0.15, 0.2) is 0 Å². The van der Waals surface area contributed by atoms with Crippen molar-refractivity contribution in [2.24, 2.45) is 5.41 Å². The minimum absolute atomic E-state index is 0.586. The highest BCUT2D eigenvalue weighted by Gasteiger charge is 2.34. The lowest BCUT2D eigenvalue weighted by Crippen LogP contribution is -2.43.